The third-order valence-corrected chi connectivity index (χ3v) is 3.86. The fraction of sp³-hybridized carbons (Fsp3) is 0.316. The van der Waals surface area contributed by atoms with E-state index in [1.807, 2.05) is 43.3 Å². The largest absolute Gasteiger partial charge is 0.378 e. The number of carbonyl (C=O) groups excluding carboxylic acids is 1. The smallest absolute Gasteiger partial charge is 0.167 e. The van der Waals surface area contributed by atoms with Crippen molar-refractivity contribution in [2.45, 2.75) is 27.2 Å². The van der Waals surface area contributed by atoms with Gasteiger partial charge in [-0.25, -0.2) is 0 Å². The average Bonchev–Trinajstić information content (AvgIpc) is 2.42. The number of hydrogen-bond acceptors (Lipinski definition) is 2. The Kier molecular flexibility index (Phi) is 4.46. The maximum atomic E-state index is 12.6. The lowest BCUT2D eigenvalue weighted by Crippen LogP contribution is -2.11. The molecule has 2 aromatic carbocycles. The lowest BCUT2D eigenvalue weighted by atomic mass is 9.94. The number of aryl methyl sites for hydroxylation is 3. The molecule has 0 atom stereocenters. The van der Waals surface area contributed by atoms with Crippen molar-refractivity contribution in [1.29, 1.82) is 0 Å². The standard InChI is InChI=1S/C19H23NO/c1-13-9-14(2)18(15(3)10-13)12-19(21)16-7-6-8-17(11-16)20(4)5/h6-11H,12H2,1-5H3. The number of benzene rings is 2. The third kappa shape index (κ3) is 3.52. The van der Waals surface area contributed by atoms with E-state index >= 15 is 0 Å². The molecule has 0 fully saturated rings. The number of carbonyl (C=O) groups is 1. The molecule has 0 spiro atoms. The lowest BCUT2D eigenvalue weighted by Gasteiger charge is -2.14. The van der Waals surface area contributed by atoms with E-state index in [9.17, 15) is 4.79 Å². The molecule has 0 saturated heterocycles. The zero-order valence-corrected chi connectivity index (χ0v) is 13.5. The quantitative estimate of drug-likeness (QED) is 0.786. The predicted octanol–water partition coefficient (Wildman–Crippen LogP) is 4.10. The minimum atomic E-state index is 0.175. The molecule has 0 aliphatic heterocycles. The maximum absolute atomic E-state index is 12.6. The molecule has 0 heterocycles. The Bertz CT molecular complexity index is 648. The van der Waals surface area contributed by atoms with E-state index in [0.717, 1.165) is 16.8 Å². The molecule has 0 saturated carbocycles. The summed E-state index contributed by atoms with van der Waals surface area (Å²) in [6.45, 7) is 6.25. The van der Waals surface area contributed by atoms with Crippen LogP contribution in [0.3, 0.4) is 0 Å². The van der Waals surface area contributed by atoms with Gasteiger partial charge in [0, 0.05) is 31.8 Å². The molecule has 21 heavy (non-hydrogen) atoms. The van der Waals surface area contributed by atoms with Gasteiger partial charge in [0.1, 0.15) is 0 Å². The maximum Gasteiger partial charge on any atom is 0.167 e. The first-order chi connectivity index (χ1) is 9.88. The van der Waals surface area contributed by atoms with E-state index in [1.165, 1.54) is 16.7 Å². The van der Waals surface area contributed by atoms with Gasteiger partial charge < -0.3 is 4.90 Å². The molecule has 2 aromatic rings. The van der Waals surface area contributed by atoms with Crippen molar-refractivity contribution < 1.29 is 4.79 Å². The van der Waals surface area contributed by atoms with Crippen LogP contribution in [0.1, 0.15) is 32.6 Å². The molecule has 0 aromatic heterocycles. The first-order valence-corrected chi connectivity index (χ1v) is 7.26. The highest BCUT2D eigenvalue weighted by Crippen LogP contribution is 2.20. The van der Waals surface area contributed by atoms with Crippen LogP contribution in [0.25, 0.3) is 0 Å². The van der Waals surface area contributed by atoms with Gasteiger partial charge in [0.15, 0.2) is 5.78 Å². The van der Waals surface area contributed by atoms with Gasteiger partial charge in [0.2, 0.25) is 0 Å². The van der Waals surface area contributed by atoms with Crippen LogP contribution < -0.4 is 4.90 Å². The Balaban J connectivity index is 2.28. The highest BCUT2D eigenvalue weighted by molar-refractivity contribution is 5.98. The molecule has 0 aliphatic rings. The second-order valence-corrected chi connectivity index (χ2v) is 5.92. The molecular weight excluding hydrogens is 258 g/mol. The molecule has 2 heteroatoms. The summed E-state index contributed by atoms with van der Waals surface area (Å²) in [5, 5.41) is 0. The number of nitrogens with zero attached hydrogens (tertiary/aromatic N) is 1. The van der Waals surface area contributed by atoms with E-state index in [1.54, 1.807) is 0 Å². The first-order valence-electron chi connectivity index (χ1n) is 7.26. The van der Waals surface area contributed by atoms with E-state index in [0.29, 0.717) is 6.42 Å². The Labute approximate surface area is 127 Å². The average molecular weight is 281 g/mol. The number of hydrogen-bond donors (Lipinski definition) is 0. The Morgan fingerprint density at radius 1 is 1.00 bits per heavy atom. The van der Waals surface area contributed by atoms with E-state index in [-0.39, 0.29) is 5.78 Å². The monoisotopic (exact) mass is 281 g/mol. The minimum absolute atomic E-state index is 0.175. The fourth-order valence-electron chi connectivity index (χ4n) is 2.71. The highest BCUT2D eigenvalue weighted by atomic mass is 16.1. The van der Waals surface area contributed by atoms with Crippen molar-refractivity contribution >= 4 is 11.5 Å². The van der Waals surface area contributed by atoms with E-state index < -0.39 is 0 Å². The summed E-state index contributed by atoms with van der Waals surface area (Å²) in [5.41, 5.74) is 6.63. The number of rotatable bonds is 4. The van der Waals surface area contributed by atoms with Crippen molar-refractivity contribution in [2.24, 2.45) is 0 Å². The molecule has 0 radical (unpaired) electrons. The van der Waals surface area contributed by atoms with Crippen molar-refractivity contribution in [3.63, 3.8) is 0 Å². The zero-order valence-electron chi connectivity index (χ0n) is 13.5. The van der Waals surface area contributed by atoms with Gasteiger partial charge in [-0.15, -0.1) is 0 Å². The van der Waals surface area contributed by atoms with Crippen LogP contribution >= 0.6 is 0 Å². The van der Waals surface area contributed by atoms with Gasteiger partial charge in [0.05, 0.1) is 0 Å². The van der Waals surface area contributed by atoms with Gasteiger partial charge in [-0.3, -0.25) is 4.79 Å². The third-order valence-electron chi connectivity index (χ3n) is 3.86. The van der Waals surface area contributed by atoms with Gasteiger partial charge >= 0.3 is 0 Å². The summed E-state index contributed by atoms with van der Waals surface area (Å²) >= 11 is 0. The Hall–Kier alpha value is -2.09. The van der Waals surface area contributed by atoms with Gasteiger partial charge in [-0.1, -0.05) is 29.8 Å². The molecule has 0 aliphatic carbocycles. The van der Waals surface area contributed by atoms with Gasteiger partial charge in [0.25, 0.3) is 0 Å². The normalized spacial score (nSPS) is 10.5. The summed E-state index contributed by atoms with van der Waals surface area (Å²) in [6.07, 6.45) is 0.467. The summed E-state index contributed by atoms with van der Waals surface area (Å²) in [6, 6.07) is 12.1. The first kappa shape index (κ1) is 15.3. The van der Waals surface area contributed by atoms with E-state index in [2.05, 4.69) is 32.9 Å². The molecule has 0 amide bonds. The van der Waals surface area contributed by atoms with Crippen LogP contribution in [-0.2, 0) is 6.42 Å². The van der Waals surface area contributed by atoms with E-state index in [4.69, 9.17) is 0 Å². The second-order valence-electron chi connectivity index (χ2n) is 5.92. The van der Waals surface area contributed by atoms with Crippen LogP contribution in [0.5, 0.6) is 0 Å². The zero-order chi connectivity index (χ0) is 15.6. The number of Topliss-reactive ketones (excluding diaryl/α,β-unsaturated/α-hetero) is 1. The minimum Gasteiger partial charge on any atom is -0.378 e. The molecular formula is C19H23NO. The predicted molar refractivity (Wildman–Crippen MR) is 89.5 cm³/mol. The fourth-order valence-corrected chi connectivity index (χ4v) is 2.71. The van der Waals surface area contributed by atoms with Crippen molar-refractivity contribution in [2.75, 3.05) is 19.0 Å². The molecule has 0 bridgehead atoms. The molecule has 2 nitrogen and oxygen atoms in total. The van der Waals surface area contributed by atoms with Gasteiger partial charge in [-0.05, 0) is 49.6 Å². The summed E-state index contributed by atoms with van der Waals surface area (Å²) in [7, 11) is 3.97. The van der Waals surface area contributed by atoms with Crippen LogP contribution in [0, 0.1) is 20.8 Å². The Morgan fingerprint density at radius 3 is 2.19 bits per heavy atom. The van der Waals surface area contributed by atoms with Crippen molar-refractivity contribution in [3.8, 4) is 0 Å². The summed E-state index contributed by atoms with van der Waals surface area (Å²) in [4.78, 5) is 14.6. The van der Waals surface area contributed by atoms with Crippen LogP contribution in [0.2, 0.25) is 0 Å². The molecule has 2 rings (SSSR count). The highest BCUT2D eigenvalue weighted by Gasteiger charge is 2.12. The lowest BCUT2D eigenvalue weighted by molar-refractivity contribution is 0.0992. The molecule has 0 unspecified atom stereocenters. The summed E-state index contributed by atoms with van der Waals surface area (Å²) in [5.74, 6) is 0.175. The topological polar surface area (TPSA) is 20.3 Å². The molecule has 0 N–H and O–H groups in total. The number of ketones is 1. The van der Waals surface area contributed by atoms with Crippen molar-refractivity contribution in [3.05, 3.63) is 64.2 Å². The van der Waals surface area contributed by atoms with Crippen molar-refractivity contribution in [1.82, 2.24) is 0 Å². The SMILES string of the molecule is Cc1cc(C)c(CC(=O)c2cccc(N(C)C)c2)c(C)c1. The van der Waals surface area contributed by atoms with Crippen LogP contribution in [0.4, 0.5) is 5.69 Å². The Morgan fingerprint density at radius 2 is 1.62 bits per heavy atom. The van der Waals surface area contributed by atoms with Crippen LogP contribution in [-0.4, -0.2) is 19.9 Å². The second kappa shape index (κ2) is 6.13. The number of anilines is 1. The molecule has 110 valence electrons. The van der Waals surface area contributed by atoms with Crippen LogP contribution in [0.15, 0.2) is 36.4 Å². The van der Waals surface area contributed by atoms with Gasteiger partial charge in [-0.2, -0.15) is 0 Å². The summed E-state index contributed by atoms with van der Waals surface area (Å²) < 4.78 is 0.